The third-order valence-electron chi connectivity index (χ3n) is 6.56. The van der Waals surface area contributed by atoms with Crippen molar-refractivity contribution in [1.29, 1.82) is 0 Å². The molecule has 1 aromatic carbocycles. The lowest BCUT2D eigenvalue weighted by Gasteiger charge is -2.48. The Morgan fingerprint density at radius 1 is 1.08 bits per heavy atom. The topological polar surface area (TPSA) is 48.6 Å². The molecule has 3 aliphatic heterocycles. The van der Waals surface area contributed by atoms with Crippen molar-refractivity contribution in [3.63, 3.8) is 0 Å². The van der Waals surface area contributed by atoms with Gasteiger partial charge in [0.05, 0.1) is 6.04 Å². The van der Waals surface area contributed by atoms with Crippen LogP contribution < -0.4 is 16.2 Å². The molecule has 0 spiro atoms. The van der Waals surface area contributed by atoms with Gasteiger partial charge in [0.25, 0.3) is 0 Å². The summed E-state index contributed by atoms with van der Waals surface area (Å²) in [5.74, 6) is 0.579. The van der Waals surface area contributed by atoms with Crippen LogP contribution in [0.3, 0.4) is 0 Å². The van der Waals surface area contributed by atoms with Crippen LogP contribution in [0.4, 0.5) is 0 Å². The summed E-state index contributed by atoms with van der Waals surface area (Å²) in [4.78, 5) is 2.77. The van der Waals surface area contributed by atoms with Crippen LogP contribution in [0.1, 0.15) is 43.7 Å². The molecule has 3 N–H and O–H groups in total. The fourth-order valence-electron chi connectivity index (χ4n) is 4.96. The van der Waals surface area contributed by atoms with Crippen molar-refractivity contribution in [1.82, 2.24) is 21.1 Å². The van der Waals surface area contributed by atoms with E-state index in [9.17, 15) is 0 Å². The van der Waals surface area contributed by atoms with Crippen molar-refractivity contribution in [2.24, 2.45) is 5.92 Å². The van der Waals surface area contributed by atoms with Gasteiger partial charge in [-0.2, -0.15) is 0 Å². The van der Waals surface area contributed by atoms with E-state index >= 15 is 0 Å². The van der Waals surface area contributed by atoms with E-state index in [4.69, 9.17) is 4.74 Å². The average Bonchev–Trinajstić information content (AvgIpc) is 3.19. The number of nitrogens with one attached hydrogen (secondary N) is 3. The van der Waals surface area contributed by atoms with Crippen molar-refractivity contribution in [3.05, 3.63) is 35.9 Å². The summed E-state index contributed by atoms with van der Waals surface area (Å²) in [6.07, 6.45) is 6.45. The Bertz CT molecular complexity index is 540. The molecule has 2 atom stereocenters. The van der Waals surface area contributed by atoms with Crippen LogP contribution in [-0.2, 0) is 4.74 Å². The van der Waals surface area contributed by atoms with Crippen molar-refractivity contribution in [2.75, 3.05) is 45.9 Å². The Morgan fingerprint density at radius 2 is 1.85 bits per heavy atom. The zero-order valence-electron chi connectivity index (χ0n) is 15.9. The number of nitrogens with zero attached hydrogens (tertiary/aromatic N) is 1. The number of rotatable bonds is 6. The molecular formula is C21H34N4O. The van der Waals surface area contributed by atoms with Gasteiger partial charge in [0.1, 0.15) is 0 Å². The predicted octanol–water partition coefficient (Wildman–Crippen LogP) is 2.08. The Kier molecular flexibility index (Phi) is 6.23. The zero-order chi connectivity index (χ0) is 17.7. The standard InChI is InChI=1S/C21H34N4O/c1-3-7-18(8-4-1)20-19(16-23-24-20)15-22-17-21(9-13-26-14-10-21)25-11-5-2-6-12-25/h1,3-4,7-8,19-20,22-24H,2,5-6,9-17H2. The third-order valence-corrected chi connectivity index (χ3v) is 6.56. The first-order valence-corrected chi connectivity index (χ1v) is 10.4. The maximum absolute atomic E-state index is 5.70. The summed E-state index contributed by atoms with van der Waals surface area (Å²) < 4.78 is 5.70. The first-order valence-electron chi connectivity index (χ1n) is 10.4. The lowest BCUT2D eigenvalue weighted by atomic mass is 9.85. The molecule has 0 radical (unpaired) electrons. The minimum atomic E-state index is 0.306. The highest BCUT2D eigenvalue weighted by Gasteiger charge is 2.39. The number of likely N-dealkylation sites (tertiary alicyclic amines) is 1. The molecular weight excluding hydrogens is 324 g/mol. The smallest absolute Gasteiger partial charge is 0.0515 e. The van der Waals surface area contributed by atoms with E-state index in [0.29, 0.717) is 17.5 Å². The van der Waals surface area contributed by atoms with Crippen LogP contribution in [0.15, 0.2) is 30.3 Å². The number of ether oxygens (including phenoxy) is 1. The van der Waals surface area contributed by atoms with E-state index in [1.165, 1.54) is 50.8 Å². The fourth-order valence-corrected chi connectivity index (χ4v) is 4.96. The number of hydrogen-bond donors (Lipinski definition) is 3. The van der Waals surface area contributed by atoms with Crippen molar-refractivity contribution in [3.8, 4) is 0 Å². The van der Waals surface area contributed by atoms with Crippen LogP contribution in [-0.4, -0.2) is 56.4 Å². The second kappa shape index (κ2) is 8.81. The minimum Gasteiger partial charge on any atom is -0.381 e. The highest BCUT2D eigenvalue weighted by atomic mass is 16.5. The van der Waals surface area contributed by atoms with Crippen LogP contribution in [0.2, 0.25) is 0 Å². The van der Waals surface area contributed by atoms with Gasteiger partial charge in [-0.3, -0.25) is 10.3 Å². The van der Waals surface area contributed by atoms with E-state index in [1.807, 2.05) is 0 Å². The largest absolute Gasteiger partial charge is 0.381 e. The van der Waals surface area contributed by atoms with Gasteiger partial charge in [0, 0.05) is 44.3 Å². The van der Waals surface area contributed by atoms with Crippen LogP contribution in [0, 0.1) is 5.92 Å². The van der Waals surface area contributed by atoms with E-state index in [1.54, 1.807) is 0 Å². The lowest BCUT2D eigenvalue weighted by molar-refractivity contribution is -0.0359. The summed E-state index contributed by atoms with van der Waals surface area (Å²) in [7, 11) is 0. The molecule has 3 fully saturated rings. The molecule has 144 valence electrons. The minimum absolute atomic E-state index is 0.306. The molecule has 0 saturated carbocycles. The normalized spacial score (nSPS) is 29.7. The molecule has 3 heterocycles. The van der Waals surface area contributed by atoms with E-state index in [0.717, 1.165) is 32.8 Å². The molecule has 5 heteroatoms. The first-order chi connectivity index (χ1) is 12.9. The number of piperidine rings is 1. The Morgan fingerprint density at radius 3 is 2.62 bits per heavy atom. The van der Waals surface area contributed by atoms with E-state index in [-0.39, 0.29) is 0 Å². The molecule has 5 nitrogen and oxygen atoms in total. The van der Waals surface area contributed by atoms with Gasteiger partial charge in [-0.1, -0.05) is 36.8 Å². The predicted molar refractivity (Wildman–Crippen MR) is 105 cm³/mol. The van der Waals surface area contributed by atoms with Crippen molar-refractivity contribution < 1.29 is 4.74 Å². The summed E-state index contributed by atoms with van der Waals surface area (Å²) in [5.41, 5.74) is 8.51. The quantitative estimate of drug-likeness (QED) is 0.727. The number of hydrogen-bond acceptors (Lipinski definition) is 5. The molecule has 2 unspecified atom stereocenters. The summed E-state index contributed by atoms with van der Waals surface area (Å²) in [6.45, 7) is 7.52. The lowest BCUT2D eigenvalue weighted by Crippen LogP contribution is -2.59. The molecule has 0 aliphatic carbocycles. The average molecular weight is 359 g/mol. The maximum Gasteiger partial charge on any atom is 0.0515 e. The third kappa shape index (κ3) is 4.12. The molecule has 3 saturated heterocycles. The van der Waals surface area contributed by atoms with Gasteiger partial charge in [0.2, 0.25) is 0 Å². The van der Waals surface area contributed by atoms with E-state index < -0.39 is 0 Å². The summed E-state index contributed by atoms with van der Waals surface area (Å²) >= 11 is 0. The van der Waals surface area contributed by atoms with Crippen LogP contribution in [0.25, 0.3) is 0 Å². The molecule has 0 amide bonds. The summed E-state index contributed by atoms with van der Waals surface area (Å²) in [5, 5.41) is 3.86. The Balaban J connectivity index is 1.35. The van der Waals surface area contributed by atoms with E-state index in [2.05, 4.69) is 51.4 Å². The van der Waals surface area contributed by atoms with Gasteiger partial charge >= 0.3 is 0 Å². The van der Waals surface area contributed by atoms with Crippen LogP contribution >= 0.6 is 0 Å². The summed E-state index contributed by atoms with van der Waals surface area (Å²) in [6, 6.07) is 11.2. The highest BCUT2D eigenvalue weighted by Crippen LogP contribution is 2.31. The Hall–Kier alpha value is -0.980. The number of benzene rings is 1. The highest BCUT2D eigenvalue weighted by molar-refractivity contribution is 5.20. The zero-order valence-corrected chi connectivity index (χ0v) is 15.9. The monoisotopic (exact) mass is 358 g/mol. The number of hydrazine groups is 1. The molecule has 0 bridgehead atoms. The molecule has 3 aliphatic rings. The van der Waals surface area contributed by atoms with Crippen LogP contribution in [0.5, 0.6) is 0 Å². The molecule has 4 rings (SSSR count). The Labute approximate surface area is 157 Å². The van der Waals surface area contributed by atoms with Gasteiger partial charge in [-0.15, -0.1) is 0 Å². The van der Waals surface area contributed by atoms with Gasteiger partial charge in [0.15, 0.2) is 0 Å². The van der Waals surface area contributed by atoms with Gasteiger partial charge in [-0.25, -0.2) is 5.43 Å². The van der Waals surface area contributed by atoms with Gasteiger partial charge < -0.3 is 10.1 Å². The van der Waals surface area contributed by atoms with Gasteiger partial charge in [-0.05, 0) is 44.3 Å². The first kappa shape index (κ1) is 18.4. The second-order valence-electron chi connectivity index (χ2n) is 8.19. The fraction of sp³-hybridized carbons (Fsp3) is 0.714. The van der Waals surface area contributed by atoms with Crippen molar-refractivity contribution >= 4 is 0 Å². The molecule has 1 aromatic rings. The maximum atomic E-state index is 5.70. The molecule has 0 aromatic heterocycles. The van der Waals surface area contributed by atoms with Crippen molar-refractivity contribution in [2.45, 2.75) is 43.7 Å². The SMILES string of the molecule is c1ccc(C2NNCC2CNCC2(N3CCCCC3)CCOCC2)cc1. The second-order valence-corrected chi connectivity index (χ2v) is 8.19. The molecule has 26 heavy (non-hydrogen) atoms.